The van der Waals surface area contributed by atoms with Crippen molar-refractivity contribution < 1.29 is 28.5 Å². The second-order valence-corrected chi connectivity index (χ2v) is 9.74. The molecular formula is C29H39NO6. The van der Waals surface area contributed by atoms with Crippen LogP contribution in [0.25, 0.3) is 0 Å². The largest absolute Gasteiger partial charge is 0.365 e. The Morgan fingerprint density at radius 3 is 2.50 bits per heavy atom. The van der Waals surface area contributed by atoms with Crippen molar-refractivity contribution in [1.82, 2.24) is 5.32 Å². The van der Waals surface area contributed by atoms with Gasteiger partial charge in [0.05, 0.1) is 12.7 Å². The molecular weight excluding hydrogens is 458 g/mol. The lowest BCUT2D eigenvalue weighted by Crippen LogP contribution is -2.60. The number of carbonyl (C=O) groups is 1. The normalized spacial score (nSPS) is 28.8. The summed E-state index contributed by atoms with van der Waals surface area (Å²) in [7, 11) is 0. The summed E-state index contributed by atoms with van der Waals surface area (Å²) in [6.45, 7) is 7.08. The van der Waals surface area contributed by atoms with Crippen LogP contribution in [0.1, 0.15) is 51.0 Å². The number of hydrogen-bond donors (Lipinski definition) is 1. The number of unbranched alkanes of at least 4 members (excludes halogenated alkanes) is 1. The van der Waals surface area contributed by atoms with E-state index in [0.717, 1.165) is 24.8 Å². The first kappa shape index (κ1) is 26.8. The Labute approximate surface area is 214 Å². The molecule has 4 rings (SSSR count). The van der Waals surface area contributed by atoms with Crippen molar-refractivity contribution in [2.75, 3.05) is 19.8 Å². The minimum atomic E-state index is -0.508. The van der Waals surface area contributed by atoms with E-state index >= 15 is 0 Å². The molecule has 7 heteroatoms. The minimum absolute atomic E-state index is 0.00437. The predicted octanol–water partition coefficient (Wildman–Crippen LogP) is 4.41. The number of carbonyl (C=O) groups excluding carboxylic acids is 1. The van der Waals surface area contributed by atoms with Gasteiger partial charge in [0, 0.05) is 24.1 Å². The molecule has 36 heavy (non-hydrogen) atoms. The number of hydrogen-bond acceptors (Lipinski definition) is 6. The topological polar surface area (TPSA) is 75.2 Å². The lowest BCUT2D eigenvalue weighted by molar-refractivity contribution is -0.355. The molecule has 2 aliphatic heterocycles. The molecule has 0 bridgehead atoms. The highest BCUT2D eigenvalue weighted by Gasteiger charge is 2.49. The molecule has 0 saturated carbocycles. The Morgan fingerprint density at radius 1 is 1.06 bits per heavy atom. The number of nitrogens with one attached hydrogen (secondary N) is 1. The van der Waals surface area contributed by atoms with Gasteiger partial charge in [-0.2, -0.15) is 0 Å². The Morgan fingerprint density at radius 2 is 1.78 bits per heavy atom. The van der Waals surface area contributed by atoms with E-state index in [0.29, 0.717) is 13.2 Å². The molecule has 2 aliphatic rings. The molecule has 1 amide bonds. The molecule has 2 fully saturated rings. The highest BCUT2D eigenvalue weighted by molar-refractivity contribution is 5.77. The van der Waals surface area contributed by atoms with Crippen LogP contribution < -0.4 is 5.32 Å². The SMILES string of the molecule is CCCCO[C@H]1OC2COC(c3ccccc3)O[C@H]2[C@H](OCC(=O)N[C@@H](C)Cc2ccccc2)C1C. The van der Waals surface area contributed by atoms with E-state index in [-0.39, 0.29) is 42.8 Å². The number of benzene rings is 2. The number of amides is 1. The fourth-order valence-corrected chi connectivity index (χ4v) is 4.78. The number of ether oxygens (including phenoxy) is 5. The van der Waals surface area contributed by atoms with Gasteiger partial charge in [0.15, 0.2) is 12.6 Å². The lowest BCUT2D eigenvalue weighted by atomic mass is 9.91. The van der Waals surface area contributed by atoms with Crippen molar-refractivity contribution in [3.05, 3.63) is 71.8 Å². The Hall–Kier alpha value is -2.29. The van der Waals surface area contributed by atoms with Crippen LogP contribution >= 0.6 is 0 Å². The van der Waals surface area contributed by atoms with Gasteiger partial charge in [-0.25, -0.2) is 0 Å². The Kier molecular flexibility index (Phi) is 9.90. The molecule has 3 unspecified atom stereocenters. The first-order chi connectivity index (χ1) is 17.5. The number of fused-ring (bicyclic) bond motifs is 1. The summed E-state index contributed by atoms with van der Waals surface area (Å²) >= 11 is 0. The third-order valence-electron chi connectivity index (χ3n) is 6.69. The average Bonchev–Trinajstić information content (AvgIpc) is 2.89. The van der Waals surface area contributed by atoms with Crippen LogP contribution in [0.3, 0.4) is 0 Å². The molecule has 196 valence electrons. The fourth-order valence-electron chi connectivity index (χ4n) is 4.78. The summed E-state index contributed by atoms with van der Waals surface area (Å²) in [6, 6.07) is 20.0. The predicted molar refractivity (Wildman–Crippen MR) is 136 cm³/mol. The summed E-state index contributed by atoms with van der Waals surface area (Å²) in [5.41, 5.74) is 2.12. The quantitative estimate of drug-likeness (QED) is 0.464. The molecule has 2 aromatic carbocycles. The van der Waals surface area contributed by atoms with E-state index in [1.54, 1.807) is 0 Å². The fraction of sp³-hybridized carbons (Fsp3) is 0.552. The van der Waals surface area contributed by atoms with E-state index in [4.69, 9.17) is 23.7 Å². The van der Waals surface area contributed by atoms with Gasteiger partial charge < -0.3 is 29.0 Å². The molecule has 0 aliphatic carbocycles. The number of rotatable bonds is 11. The van der Waals surface area contributed by atoms with Crippen LogP contribution in [0.15, 0.2) is 60.7 Å². The summed E-state index contributed by atoms with van der Waals surface area (Å²) in [5.74, 6) is -0.268. The smallest absolute Gasteiger partial charge is 0.246 e. The maximum atomic E-state index is 12.8. The van der Waals surface area contributed by atoms with E-state index in [2.05, 4.69) is 24.4 Å². The maximum absolute atomic E-state index is 12.8. The zero-order valence-electron chi connectivity index (χ0n) is 21.5. The van der Waals surface area contributed by atoms with Crippen molar-refractivity contribution in [3.63, 3.8) is 0 Å². The van der Waals surface area contributed by atoms with Gasteiger partial charge in [-0.3, -0.25) is 4.79 Å². The Balaban J connectivity index is 1.39. The van der Waals surface area contributed by atoms with Crippen molar-refractivity contribution >= 4 is 5.91 Å². The Bertz CT molecular complexity index is 926. The molecule has 7 nitrogen and oxygen atoms in total. The summed E-state index contributed by atoms with van der Waals surface area (Å²) < 4.78 is 30.9. The zero-order valence-corrected chi connectivity index (χ0v) is 21.5. The monoisotopic (exact) mass is 497 g/mol. The van der Waals surface area contributed by atoms with Gasteiger partial charge in [0.1, 0.15) is 18.8 Å². The van der Waals surface area contributed by atoms with Gasteiger partial charge in [0.2, 0.25) is 5.91 Å². The van der Waals surface area contributed by atoms with Crippen molar-refractivity contribution in [2.45, 2.75) is 77.0 Å². The minimum Gasteiger partial charge on any atom is -0.365 e. The molecule has 0 spiro atoms. The first-order valence-corrected chi connectivity index (χ1v) is 13.1. The van der Waals surface area contributed by atoms with Crippen LogP contribution in [0.2, 0.25) is 0 Å². The van der Waals surface area contributed by atoms with Crippen molar-refractivity contribution in [1.29, 1.82) is 0 Å². The standard InChI is InChI=1S/C29H39NO6/c1-4-5-16-32-28-21(3)26(33-19-25(31)30-20(2)17-22-12-8-6-9-13-22)27-24(35-28)18-34-29(36-27)23-14-10-7-11-15-23/h6-15,20-21,24,26-29H,4-5,16-19H2,1-3H3,(H,30,31)/t20-,21?,24?,26+,27+,28-,29?/m0/s1. The highest BCUT2D eigenvalue weighted by Crippen LogP contribution is 2.37. The van der Waals surface area contributed by atoms with Gasteiger partial charge in [0.25, 0.3) is 0 Å². The highest BCUT2D eigenvalue weighted by atomic mass is 16.7. The molecule has 7 atom stereocenters. The zero-order chi connectivity index (χ0) is 25.3. The second kappa shape index (κ2) is 13.3. The van der Waals surface area contributed by atoms with Crippen LogP contribution in [-0.4, -0.2) is 56.4 Å². The first-order valence-electron chi connectivity index (χ1n) is 13.1. The van der Waals surface area contributed by atoms with E-state index < -0.39 is 12.6 Å². The van der Waals surface area contributed by atoms with Crippen LogP contribution in [0.5, 0.6) is 0 Å². The maximum Gasteiger partial charge on any atom is 0.246 e. The van der Waals surface area contributed by atoms with Crippen LogP contribution in [0.4, 0.5) is 0 Å². The molecule has 1 N–H and O–H groups in total. The van der Waals surface area contributed by atoms with Crippen molar-refractivity contribution in [2.24, 2.45) is 5.92 Å². The second-order valence-electron chi connectivity index (χ2n) is 9.74. The van der Waals surface area contributed by atoms with Gasteiger partial charge in [-0.1, -0.05) is 80.9 Å². The summed E-state index contributed by atoms with van der Waals surface area (Å²) in [5, 5.41) is 3.05. The van der Waals surface area contributed by atoms with E-state index in [9.17, 15) is 4.79 Å². The molecule has 2 saturated heterocycles. The van der Waals surface area contributed by atoms with Gasteiger partial charge in [-0.05, 0) is 25.3 Å². The average molecular weight is 498 g/mol. The third kappa shape index (κ3) is 7.14. The molecule has 2 heterocycles. The van der Waals surface area contributed by atoms with Crippen molar-refractivity contribution in [3.8, 4) is 0 Å². The molecule has 2 aromatic rings. The summed E-state index contributed by atoms with van der Waals surface area (Å²) in [6.07, 6.45) is 0.724. The van der Waals surface area contributed by atoms with Crippen LogP contribution in [0, 0.1) is 5.92 Å². The molecule has 0 radical (unpaired) electrons. The third-order valence-corrected chi connectivity index (χ3v) is 6.69. The molecule has 0 aromatic heterocycles. The lowest BCUT2D eigenvalue weighted by Gasteiger charge is -2.48. The van der Waals surface area contributed by atoms with Gasteiger partial charge >= 0.3 is 0 Å². The van der Waals surface area contributed by atoms with E-state index in [1.165, 1.54) is 5.56 Å². The van der Waals surface area contributed by atoms with Crippen LogP contribution in [-0.2, 0) is 34.9 Å². The van der Waals surface area contributed by atoms with Gasteiger partial charge in [-0.15, -0.1) is 0 Å². The summed E-state index contributed by atoms with van der Waals surface area (Å²) in [4.78, 5) is 12.8. The van der Waals surface area contributed by atoms with E-state index in [1.807, 2.05) is 62.4 Å².